The number of aliphatic imine (C=N–C) groups is 1. The Labute approximate surface area is 116 Å². The molecular weight excluding hydrogens is 260 g/mol. The van der Waals surface area contributed by atoms with E-state index in [9.17, 15) is 0 Å². The predicted molar refractivity (Wildman–Crippen MR) is 77.3 cm³/mol. The van der Waals surface area contributed by atoms with Crippen LogP contribution in [-0.2, 0) is 13.1 Å². The van der Waals surface area contributed by atoms with Gasteiger partial charge in [-0.1, -0.05) is 0 Å². The number of aryl methyl sites for hydroxylation is 1. The Balaban J connectivity index is 1.71. The van der Waals surface area contributed by atoms with E-state index in [1.807, 2.05) is 0 Å². The molecule has 0 saturated carbocycles. The molecule has 2 aromatic rings. The van der Waals surface area contributed by atoms with Crippen molar-refractivity contribution in [2.45, 2.75) is 20.0 Å². The molecule has 2 N–H and O–H groups in total. The molecular formula is C12H18N6S. The second-order valence-electron chi connectivity index (χ2n) is 4.02. The van der Waals surface area contributed by atoms with Gasteiger partial charge in [-0.05, 0) is 19.1 Å². The van der Waals surface area contributed by atoms with Gasteiger partial charge in [-0.3, -0.25) is 9.67 Å². The number of guanidine groups is 1. The van der Waals surface area contributed by atoms with Gasteiger partial charge in [0.05, 0.1) is 13.1 Å². The summed E-state index contributed by atoms with van der Waals surface area (Å²) in [6.07, 6.45) is 3.23. The van der Waals surface area contributed by atoms with Gasteiger partial charge in [-0.25, -0.2) is 4.98 Å². The maximum Gasteiger partial charge on any atom is 0.191 e. The SMILES string of the molecule is CN=C(NCCn1cncn1)NCc1ccc(C)s1. The van der Waals surface area contributed by atoms with Gasteiger partial charge < -0.3 is 10.6 Å². The molecule has 0 aliphatic heterocycles. The second-order valence-corrected chi connectivity index (χ2v) is 5.40. The molecule has 0 spiro atoms. The van der Waals surface area contributed by atoms with Crippen molar-refractivity contribution in [3.63, 3.8) is 0 Å². The van der Waals surface area contributed by atoms with E-state index in [4.69, 9.17) is 0 Å². The van der Waals surface area contributed by atoms with Gasteiger partial charge in [0.25, 0.3) is 0 Å². The first-order chi connectivity index (χ1) is 9.28. The van der Waals surface area contributed by atoms with Crippen LogP contribution in [0.15, 0.2) is 29.8 Å². The Morgan fingerprint density at radius 2 is 2.32 bits per heavy atom. The fraction of sp³-hybridized carbons (Fsp3) is 0.417. The van der Waals surface area contributed by atoms with Gasteiger partial charge in [0.2, 0.25) is 0 Å². The highest BCUT2D eigenvalue weighted by atomic mass is 32.1. The van der Waals surface area contributed by atoms with Gasteiger partial charge >= 0.3 is 0 Å². The van der Waals surface area contributed by atoms with E-state index in [0.717, 1.165) is 25.6 Å². The average molecular weight is 278 g/mol. The van der Waals surface area contributed by atoms with Crippen LogP contribution in [0.3, 0.4) is 0 Å². The van der Waals surface area contributed by atoms with Crippen LogP contribution in [-0.4, -0.2) is 34.3 Å². The van der Waals surface area contributed by atoms with E-state index >= 15 is 0 Å². The van der Waals surface area contributed by atoms with Crippen LogP contribution in [0, 0.1) is 6.92 Å². The van der Waals surface area contributed by atoms with E-state index in [-0.39, 0.29) is 0 Å². The minimum absolute atomic E-state index is 0.756. The zero-order chi connectivity index (χ0) is 13.5. The Hall–Kier alpha value is -1.89. The lowest BCUT2D eigenvalue weighted by Crippen LogP contribution is -2.38. The molecule has 102 valence electrons. The standard InChI is InChI=1S/C12H18N6S/c1-10-3-4-11(19-10)7-16-12(13-2)15-5-6-18-9-14-8-17-18/h3-4,8-9H,5-7H2,1-2H3,(H2,13,15,16). The van der Waals surface area contributed by atoms with Crippen LogP contribution >= 0.6 is 11.3 Å². The zero-order valence-corrected chi connectivity index (χ0v) is 11.9. The first kappa shape index (κ1) is 13.5. The van der Waals surface area contributed by atoms with Crippen molar-refractivity contribution in [2.75, 3.05) is 13.6 Å². The molecule has 0 saturated heterocycles. The minimum Gasteiger partial charge on any atom is -0.355 e. The lowest BCUT2D eigenvalue weighted by Gasteiger charge is -2.10. The number of nitrogens with one attached hydrogen (secondary N) is 2. The monoisotopic (exact) mass is 278 g/mol. The second kappa shape index (κ2) is 6.89. The topological polar surface area (TPSA) is 67.1 Å². The normalized spacial score (nSPS) is 11.6. The number of nitrogens with zero attached hydrogens (tertiary/aromatic N) is 4. The Morgan fingerprint density at radius 1 is 1.42 bits per heavy atom. The van der Waals surface area contributed by atoms with Crippen molar-refractivity contribution in [1.82, 2.24) is 25.4 Å². The maximum absolute atomic E-state index is 4.18. The fourth-order valence-corrected chi connectivity index (χ4v) is 2.44. The summed E-state index contributed by atoms with van der Waals surface area (Å²) in [7, 11) is 1.77. The summed E-state index contributed by atoms with van der Waals surface area (Å²) in [4.78, 5) is 10.7. The van der Waals surface area contributed by atoms with Crippen LogP contribution in [0.4, 0.5) is 0 Å². The molecule has 0 aliphatic rings. The van der Waals surface area contributed by atoms with E-state index in [2.05, 4.69) is 44.8 Å². The highest BCUT2D eigenvalue weighted by molar-refractivity contribution is 7.11. The van der Waals surface area contributed by atoms with Crippen molar-refractivity contribution in [1.29, 1.82) is 0 Å². The number of rotatable bonds is 5. The van der Waals surface area contributed by atoms with Gasteiger partial charge in [-0.2, -0.15) is 5.10 Å². The Morgan fingerprint density at radius 3 is 2.95 bits per heavy atom. The molecule has 19 heavy (non-hydrogen) atoms. The summed E-state index contributed by atoms with van der Waals surface area (Å²) in [5.74, 6) is 0.797. The van der Waals surface area contributed by atoms with E-state index in [0.29, 0.717) is 0 Å². The van der Waals surface area contributed by atoms with Crippen LogP contribution in [0.5, 0.6) is 0 Å². The van der Waals surface area contributed by atoms with Crippen LogP contribution in [0.1, 0.15) is 9.75 Å². The highest BCUT2D eigenvalue weighted by Crippen LogP contribution is 2.14. The molecule has 2 aromatic heterocycles. The number of aromatic nitrogens is 3. The molecule has 0 aliphatic carbocycles. The lowest BCUT2D eigenvalue weighted by atomic mass is 10.4. The van der Waals surface area contributed by atoms with Crippen LogP contribution < -0.4 is 10.6 Å². The number of thiophene rings is 1. The van der Waals surface area contributed by atoms with Gasteiger partial charge in [0.1, 0.15) is 12.7 Å². The van der Waals surface area contributed by atoms with E-state index in [1.54, 1.807) is 29.4 Å². The fourth-order valence-electron chi connectivity index (χ4n) is 1.61. The van der Waals surface area contributed by atoms with Crippen LogP contribution in [0.2, 0.25) is 0 Å². The van der Waals surface area contributed by atoms with E-state index < -0.39 is 0 Å². The number of hydrogen-bond donors (Lipinski definition) is 2. The molecule has 0 radical (unpaired) electrons. The summed E-state index contributed by atoms with van der Waals surface area (Å²) in [6.45, 7) is 4.42. The minimum atomic E-state index is 0.756. The third kappa shape index (κ3) is 4.36. The average Bonchev–Trinajstić information content (AvgIpc) is 3.05. The molecule has 0 unspecified atom stereocenters. The van der Waals surface area contributed by atoms with Crippen molar-refractivity contribution in [2.24, 2.45) is 4.99 Å². The number of hydrogen-bond acceptors (Lipinski definition) is 4. The first-order valence-electron chi connectivity index (χ1n) is 6.10. The lowest BCUT2D eigenvalue weighted by molar-refractivity contribution is 0.596. The van der Waals surface area contributed by atoms with Crippen molar-refractivity contribution >= 4 is 17.3 Å². The van der Waals surface area contributed by atoms with Crippen molar-refractivity contribution < 1.29 is 0 Å². The quantitative estimate of drug-likeness (QED) is 0.633. The molecule has 0 atom stereocenters. The van der Waals surface area contributed by atoms with Crippen molar-refractivity contribution in [3.8, 4) is 0 Å². The van der Waals surface area contributed by atoms with Gasteiger partial charge in [0.15, 0.2) is 5.96 Å². The summed E-state index contributed by atoms with van der Waals surface area (Å²) in [5, 5.41) is 10.6. The Kier molecular flexibility index (Phi) is 4.91. The predicted octanol–water partition coefficient (Wildman–Crippen LogP) is 1.01. The van der Waals surface area contributed by atoms with Crippen molar-refractivity contribution in [3.05, 3.63) is 34.5 Å². The summed E-state index contributed by atoms with van der Waals surface area (Å²) >= 11 is 1.79. The summed E-state index contributed by atoms with van der Waals surface area (Å²) < 4.78 is 1.78. The third-order valence-electron chi connectivity index (χ3n) is 2.55. The van der Waals surface area contributed by atoms with Crippen LogP contribution in [0.25, 0.3) is 0 Å². The zero-order valence-electron chi connectivity index (χ0n) is 11.1. The maximum atomic E-state index is 4.18. The van der Waals surface area contributed by atoms with E-state index in [1.165, 1.54) is 16.1 Å². The Bertz CT molecular complexity index is 516. The molecule has 0 amide bonds. The molecule has 7 heteroatoms. The first-order valence-corrected chi connectivity index (χ1v) is 6.92. The smallest absolute Gasteiger partial charge is 0.191 e. The summed E-state index contributed by atoms with van der Waals surface area (Å²) in [6, 6.07) is 4.26. The molecule has 0 aromatic carbocycles. The largest absolute Gasteiger partial charge is 0.355 e. The molecule has 2 rings (SSSR count). The molecule has 2 heterocycles. The third-order valence-corrected chi connectivity index (χ3v) is 3.55. The molecule has 0 fully saturated rings. The van der Waals surface area contributed by atoms with Gasteiger partial charge in [-0.15, -0.1) is 11.3 Å². The summed E-state index contributed by atoms with van der Waals surface area (Å²) in [5.41, 5.74) is 0. The van der Waals surface area contributed by atoms with Gasteiger partial charge in [0, 0.05) is 23.3 Å². The highest BCUT2D eigenvalue weighted by Gasteiger charge is 2.00. The molecule has 0 bridgehead atoms. The molecule has 6 nitrogen and oxygen atoms in total.